The molecular formula is C22H16N2O4. The van der Waals surface area contributed by atoms with E-state index < -0.39 is 11.5 Å². The molecule has 138 valence electrons. The predicted octanol–water partition coefficient (Wildman–Crippen LogP) is 3.50. The summed E-state index contributed by atoms with van der Waals surface area (Å²) in [7, 11) is 0. The van der Waals surface area contributed by atoms with E-state index in [2.05, 4.69) is 5.32 Å². The first kappa shape index (κ1) is 17.5. The van der Waals surface area contributed by atoms with Crippen molar-refractivity contribution in [3.63, 3.8) is 0 Å². The van der Waals surface area contributed by atoms with Gasteiger partial charge in [-0.15, -0.1) is 0 Å². The molecule has 2 aromatic carbocycles. The molecule has 6 heteroatoms. The lowest BCUT2D eigenvalue weighted by molar-refractivity contribution is 0.102. The van der Waals surface area contributed by atoms with Gasteiger partial charge in [-0.3, -0.25) is 14.2 Å². The van der Waals surface area contributed by atoms with Gasteiger partial charge in [0.05, 0.1) is 5.39 Å². The fourth-order valence-corrected chi connectivity index (χ4v) is 2.89. The van der Waals surface area contributed by atoms with E-state index in [0.717, 1.165) is 5.56 Å². The van der Waals surface area contributed by atoms with Crippen molar-refractivity contribution < 1.29 is 9.21 Å². The number of nitrogens with one attached hydrogen (secondary N) is 1. The number of carbonyl (C=O) groups is 1. The van der Waals surface area contributed by atoms with Gasteiger partial charge in [0.25, 0.3) is 11.5 Å². The predicted molar refractivity (Wildman–Crippen MR) is 107 cm³/mol. The number of fused-ring (bicyclic) bond motifs is 1. The molecule has 1 amide bonds. The Bertz CT molecular complexity index is 1290. The number of benzene rings is 2. The van der Waals surface area contributed by atoms with Gasteiger partial charge in [-0.1, -0.05) is 35.9 Å². The molecule has 2 aromatic heterocycles. The van der Waals surface area contributed by atoms with Crippen LogP contribution in [0, 0.1) is 6.92 Å². The highest BCUT2D eigenvalue weighted by Gasteiger charge is 2.13. The maximum absolute atomic E-state index is 12.9. The summed E-state index contributed by atoms with van der Waals surface area (Å²) in [5, 5.41) is 2.72. The van der Waals surface area contributed by atoms with E-state index in [4.69, 9.17) is 4.42 Å². The highest BCUT2D eigenvalue weighted by Crippen LogP contribution is 2.15. The monoisotopic (exact) mass is 372 g/mol. The van der Waals surface area contributed by atoms with Crippen molar-refractivity contribution in [1.29, 1.82) is 0 Å². The molecule has 0 fully saturated rings. The quantitative estimate of drug-likeness (QED) is 0.597. The molecule has 4 rings (SSSR count). The lowest BCUT2D eigenvalue weighted by Gasteiger charge is -2.08. The minimum Gasteiger partial charge on any atom is -0.421 e. The molecule has 0 unspecified atom stereocenters. The highest BCUT2D eigenvalue weighted by atomic mass is 16.4. The van der Waals surface area contributed by atoms with Crippen LogP contribution < -0.4 is 16.5 Å². The number of hydrogen-bond donors (Lipinski definition) is 1. The molecule has 0 saturated carbocycles. The fraction of sp³-hybridized carbons (Fsp3) is 0.0455. The Balaban J connectivity index is 1.79. The summed E-state index contributed by atoms with van der Waals surface area (Å²) in [6, 6.07) is 18.9. The van der Waals surface area contributed by atoms with E-state index in [1.807, 2.05) is 31.2 Å². The highest BCUT2D eigenvalue weighted by molar-refractivity contribution is 6.04. The van der Waals surface area contributed by atoms with E-state index in [0.29, 0.717) is 11.3 Å². The van der Waals surface area contributed by atoms with Gasteiger partial charge < -0.3 is 9.73 Å². The number of nitrogens with zero attached hydrogens (tertiary/aromatic N) is 1. The molecule has 28 heavy (non-hydrogen) atoms. The molecule has 1 N–H and O–H groups in total. The maximum atomic E-state index is 12.9. The molecule has 0 aliphatic rings. The topological polar surface area (TPSA) is 81.3 Å². The second-order valence-electron chi connectivity index (χ2n) is 6.37. The molecule has 0 spiro atoms. The first-order valence-electron chi connectivity index (χ1n) is 8.66. The molecule has 2 heterocycles. The zero-order valence-electron chi connectivity index (χ0n) is 15.0. The van der Waals surface area contributed by atoms with Crippen molar-refractivity contribution in [1.82, 2.24) is 4.57 Å². The van der Waals surface area contributed by atoms with Gasteiger partial charge >= 0.3 is 5.63 Å². The summed E-state index contributed by atoms with van der Waals surface area (Å²) in [4.78, 5) is 37.5. The average Bonchev–Trinajstić information content (AvgIpc) is 2.71. The van der Waals surface area contributed by atoms with E-state index in [9.17, 15) is 14.4 Å². The summed E-state index contributed by atoms with van der Waals surface area (Å²) < 4.78 is 6.70. The average molecular weight is 372 g/mol. The Morgan fingerprint density at radius 2 is 1.68 bits per heavy atom. The van der Waals surface area contributed by atoms with Gasteiger partial charge in [-0.25, -0.2) is 4.79 Å². The van der Waals surface area contributed by atoms with Crippen molar-refractivity contribution in [2.24, 2.45) is 0 Å². The zero-order chi connectivity index (χ0) is 19.7. The zero-order valence-corrected chi connectivity index (χ0v) is 15.0. The van der Waals surface area contributed by atoms with Crippen molar-refractivity contribution in [2.45, 2.75) is 6.92 Å². The molecule has 0 aliphatic heterocycles. The van der Waals surface area contributed by atoms with Crippen LogP contribution in [0.4, 0.5) is 5.69 Å². The van der Waals surface area contributed by atoms with Crippen molar-refractivity contribution in [2.75, 3.05) is 5.32 Å². The number of rotatable bonds is 3. The summed E-state index contributed by atoms with van der Waals surface area (Å²) in [6.45, 7) is 1.96. The van der Waals surface area contributed by atoms with Crippen LogP contribution in [0.3, 0.4) is 0 Å². The molecule has 0 saturated heterocycles. The number of aromatic nitrogens is 1. The van der Waals surface area contributed by atoms with Crippen molar-refractivity contribution in [3.05, 3.63) is 105 Å². The van der Waals surface area contributed by atoms with Crippen LogP contribution >= 0.6 is 0 Å². The van der Waals surface area contributed by atoms with Crippen LogP contribution in [0.2, 0.25) is 0 Å². The third kappa shape index (κ3) is 3.23. The van der Waals surface area contributed by atoms with Crippen LogP contribution in [0.25, 0.3) is 16.7 Å². The number of aryl methyl sites for hydroxylation is 1. The van der Waals surface area contributed by atoms with Gasteiger partial charge in [0.15, 0.2) is 0 Å². The minimum atomic E-state index is -0.718. The Hall–Kier alpha value is -3.93. The second-order valence-corrected chi connectivity index (χ2v) is 6.37. The number of carbonyl (C=O) groups excluding carboxylic acids is 1. The van der Waals surface area contributed by atoms with E-state index in [1.165, 1.54) is 10.6 Å². The third-order valence-corrected chi connectivity index (χ3v) is 4.40. The molecule has 0 atom stereocenters. The largest absolute Gasteiger partial charge is 0.421 e. The molecule has 4 aromatic rings. The SMILES string of the molecule is Cc1ccc(-n2ccc3oc(=O)c(NC(=O)c4ccccc4)cc3c2=O)cc1. The van der Waals surface area contributed by atoms with Crippen LogP contribution in [0.5, 0.6) is 0 Å². The van der Waals surface area contributed by atoms with Crippen molar-refractivity contribution in [3.8, 4) is 5.69 Å². The maximum Gasteiger partial charge on any atom is 0.360 e. The van der Waals surface area contributed by atoms with Crippen LogP contribution in [-0.2, 0) is 0 Å². The molecular weight excluding hydrogens is 356 g/mol. The fourth-order valence-electron chi connectivity index (χ4n) is 2.89. The van der Waals surface area contributed by atoms with Gasteiger partial charge in [0.1, 0.15) is 11.3 Å². The Kier molecular flexibility index (Phi) is 4.37. The lowest BCUT2D eigenvalue weighted by atomic mass is 10.2. The summed E-state index contributed by atoms with van der Waals surface area (Å²) in [5.41, 5.74) is 1.18. The third-order valence-electron chi connectivity index (χ3n) is 4.40. The van der Waals surface area contributed by atoms with Gasteiger partial charge in [0, 0.05) is 17.4 Å². The first-order valence-corrected chi connectivity index (χ1v) is 8.66. The number of pyridine rings is 1. The second kappa shape index (κ2) is 7.00. The van der Waals surface area contributed by atoms with E-state index in [-0.39, 0.29) is 22.2 Å². The van der Waals surface area contributed by atoms with E-state index >= 15 is 0 Å². The van der Waals surface area contributed by atoms with E-state index in [1.54, 1.807) is 42.6 Å². The van der Waals surface area contributed by atoms with Gasteiger partial charge in [-0.05, 0) is 43.3 Å². The Morgan fingerprint density at radius 3 is 2.39 bits per heavy atom. The van der Waals surface area contributed by atoms with Gasteiger partial charge in [-0.2, -0.15) is 0 Å². The van der Waals surface area contributed by atoms with Crippen LogP contribution in [0.15, 0.2) is 86.9 Å². The van der Waals surface area contributed by atoms with Crippen molar-refractivity contribution >= 4 is 22.6 Å². The van der Waals surface area contributed by atoms with Crippen LogP contribution in [-0.4, -0.2) is 10.5 Å². The summed E-state index contributed by atoms with van der Waals surface area (Å²) in [6.07, 6.45) is 1.56. The number of amides is 1. The molecule has 0 bridgehead atoms. The lowest BCUT2D eigenvalue weighted by Crippen LogP contribution is -2.21. The smallest absolute Gasteiger partial charge is 0.360 e. The minimum absolute atomic E-state index is 0.0832. The Morgan fingerprint density at radius 1 is 0.964 bits per heavy atom. The molecule has 6 nitrogen and oxygen atoms in total. The normalized spacial score (nSPS) is 10.8. The summed E-state index contributed by atoms with van der Waals surface area (Å²) in [5.74, 6) is -0.456. The Labute approximate surface area is 159 Å². The molecule has 0 aliphatic carbocycles. The van der Waals surface area contributed by atoms with Gasteiger partial charge in [0.2, 0.25) is 0 Å². The molecule has 0 radical (unpaired) electrons. The van der Waals surface area contributed by atoms with Crippen LogP contribution in [0.1, 0.15) is 15.9 Å². The summed E-state index contributed by atoms with van der Waals surface area (Å²) >= 11 is 0. The first-order chi connectivity index (χ1) is 13.5. The number of anilines is 1. The standard InChI is InChI=1S/C22H16N2O4/c1-14-7-9-16(10-8-14)24-12-11-19-17(21(24)26)13-18(22(27)28-19)23-20(25)15-5-3-2-4-6-15/h2-13H,1H3,(H,23,25). The number of hydrogen-bond acceptors (Lipinski definition) is 4.